The van der Waals surface area contributed by atoms with Crippen LogP contribution in [0.3, 0.4) is 0 Å². The molecule has 4 aromatic rings. The number of aromatic nitrogens is 1. The van der Waals surface area contributed by atoms with Crippen LogP contribution in [0, 0.1) is 0 Å². The van der Waals surface area contributed by atoms with Crippen molar-refractivity contribution in [2.45, 2.75) is 25.9 Å². The summed E-state index contributed by atoms with van der Waals surface area (Å²) < 4.78 is 73.8. The van der Waals surface area contributed by atoms with Gasteiger partial charge in [-0.25, -0.2) is 13.8 Å². The molecule has 0 saturated heterocycles. The third-order valence-electron chi connectivity index (χ3n) is 5.36. The standard InChI is InChI=1S/C27H20F5N3O3/c1-15(36)33-20-10-8-16(9-11-20)23-22(35-25(38-23)17-6-4-3-5-7-17)24(37)34-21-13-18(26(2,28)29)12-19(14-21)27(30,31)32/h3-14H,1-2H3,(H,33,36)(H,34,37). The molecule has 2 N–H and O–H groups in total. The minimum atomic E-state index is -4.92. The number of alkyl halides is 5. The summed E-state index contributed by atoms with van der Waals surface area (Å²) in [5, 5.41) is 4.85. The third-order valence-corrected chi connectivity index (χ3v) is 5.36. The van der Waals surface area contributed by atoms with Crippen LogP contribution in [0.1, 0.15) is 35.5 Å². The number of halogens is 5. The van der Waals surface area contributed by atoms with Gasteiger partial charge in [0.05, 0.1) is 5.56 Å². The lowest BCUT2D eigenvalue weighted by molar-refractivity contribution is -0.137. The highest BCUT2D eigenvalue weighted by Gasteiger charge is 2.35. The molecule has 4 rings (SSSR count). The summed E-state index contributed by atoms with van der Waals surface area (Å²) in [6.45, 7) is 1.80. The van der Waals surface area contributed by atoms with Crippen molar-refractivity contribution < 1.29 is 36.0 Å². The number of rotatable bonds is 6. The van der Waals surface area contributed by atoms with Gasteiger partial charge < -0.3 is 15.1 Å². The summed E-state index contributed by atoms with van der Waals surface area (Å²) in [4.78, 5) is 28.8. The van der Waals surface area contributed by atoms with E-state index in [1.165, 1.54) is 6.92 Å². The average molecular weight is 529 g/mol. The Kier molecular flexibility index (Phi) is 7.03. The van der Waals surface area contributed by atoms with Crippen molar-refractivity contribution in [2.24, 2.45) is 0 Å². The zero-order valence-electron chi connectivity index (χ0n) is 20.0. The van der Waals surface area contributed by atoms with E-state index in [1.807, 2.05) is 0 Å². The van der Waals surface area contributed by atoms with Gasteiger partial charge in [-0.2, -0.15) is 13.2 Å². The van der Waals surface area contributed by atoms with E-state index >= 15 is 0 Å². The first-order valence-electron chi connectivity index (χ1n) is 11.2. The number of benzene rings is 3. The van der Waals surface area contributed by atoms with Crippen LogP contribution in [0.15, 0.2) is 77.2 Å². The lowest BCUT2D eigenvalue weighted by atomic mass is 10.0. The second-order valence-corrected chi connectivity index (χ2v) is 8.46. The largest absolute Gasteiger partial charge is 0.435 e. The van der Waals surface area contributed by atoms with E-state index in [0.717, 1.165) is 6.07 Å². The van der Waals surface area contributed by atoms with Gasteiger partial charge in [0.1, 0.15) is 0 Å². The molecule has 11 heteroatoms. The maximum atomic E-state index is 13.9. The Hall–Kier alpha value is -4.54. The third kappa shape index (κ3) is 6.05. The monoisotopic (exact) mass is 529 g/mol. The van der Waals surface area contributed by atoms with E-state index in [-0.39, 0.29) is 23.3 Å². The quantitative estimate of drug-likeness (QED) is 0.256. The van der Waals surface area contributed by atoms with Gasteiger partial charge in [-0.15, -0.1) is 0 Å². The average Bonchev–Trinajstić information content (AvgIpc) is 3.29. The van der Waals surface area contributed by atoms with Crippen molar-refractivity contribution in [2.75, 3.05) is 10.6 Å². The number of carbonyl (C=O) groups excluding carboxylic acids is 2. The first kappa shape index (κ1) is 26.5. The Balaban J connectivity index is 1.76. The lowest BCUT2D eigenvalue weighted by Crippen LogP contribution is -2.17. The Morgan fingerprint density at radius 1 is 0.789 bits per heavy atom. The van der Waals surface area contributed by atoms with Crippen LogP contribution in [-0.2, 0) is 16.9 Å². The molecule has 3 aromatic carbocycles. The first-order chi connectivity index (χ1) is 17.8. The highest BCUT2D eigenvalue weighted by Crippen LogP contribution is 2.37. The number of nitrogens with one attached hydrogen (secondary N) is 2. The zero-order valence-corrected chi connectivity index (χ0v) is 20.0. The Labute approximate surface area is 213 Å². The maximum absolute atomic E-state index is 13.9. The predicted molar refractivity (Wildman–Crippen MR) is 131 cm³/mol. The van der Waals surface area contributed by atoms with Crippen LogP contribution in [0.25, 0.3) is 22.8 Å². The molecule has 0 radical (unpaired) electrons. The van der Waals surface area contributed by atoms with Crippen molar-refractivity contribution in [3.05, 3.63) is 89.6 Å². The van der Waals surface area contributed by atoms with Crippen LogP contribution >= 0.6 is 0 Å². The van der Waals surface area contributed by atoms with E-state index in [1.54, 1.807) is 54.6 Å². The van der Waals surface area contributed by atoms with E-state index in [0.29, 0.717) is 35.9 Å². The van der Waals surface area contributed by atoms with Gasteiger partial charge in [0.2, 0.25) is 11.8 Å². The van der Waals surface area contributed by atoms with Gasteiger partial charge in [-0.05, 0) is 54.6 Å². The fourth-order valence-corrected chi connectivity index (χ4v) is 3.59. The zero-order chi connectivity index (χ0) is 27.7. The fourth-order valence-electron chi connectivity index (χ4n) is 3.59. The topological polar surface area (TPSA) is 84.2 Å². The molecule has 38 heavy (non-hydrogen) atoms. The first-order valence-corrected chi connectivity index (χ1v) is 11.2. The molecule has 0 bridgehead atoms. The van der Waals surface area contributed by atoms with Gasteiger partial charge in [0, 0.05) is 41.9 Å². The molecule has 0 spiro atoms. The number of hydrogen-bond donors (Lipinski definition) is 2. The Bertz CT molecular complexity index is 1440. The van der Waals surface area contributed by atoms with Crippen molar-refractivity contribution in [3.63, 3.8) is 0 Å². The van der Waals surface area contributed by atoms with Crippen LogP contribution in [0.4, 0.5) is 33.3 Å². The van der Waals surface area contributed by atoms with Gasteiger partial charge in [-0.1, -0.05) is 18.2 Å². The summed E-state index contributed by atoms with van der Waals surface area (Å²) in [5.74, 6) is -4.80. The summed E-state index contributed by atoms with van der Waals surface area (Å²) in [6.07, 6.45) is -4.92. The smallest absolute Gasteiger partial charge is 0.416 e. The maximum Gasteiger partial charge on any atom is 0.416 e. The molecule has 0 atom stereocenters. The number of anilines is 2. The highest BCUT2D eigenvalue weighted by atomic mass is 19.4. The Morgan fingerprint density at radius 2 is 1.42 bits per heavy atom. The molecule has 0 aliphatic heterocycles. The van der Waals surface area contributed by atoms with Crippen LogP contribution < -0.4 is 10.6 Å². The van der Waals surface area contributed by atoms with Crippen molar-refractivity contribution in [3.8, 4) is 22.8 Å². The molecule has 0 fully saturated rings. The second-order valence-electron chi connectivity index (χ2n) is 8.46. The Morgan fingerprint density at radius 3 is 2.00 bits per heavy atom. The fraction of sp³-hybridized carbons (Fsp3) is 0.148. The molecule has 1 heterocycles. The number of amides is 2. The van der Waals surface area contributed by atoms with Crippen LogP contribution in [0.2, 0.25) is 0 Å². The number of hydrogen-bond acceptors (Lipinski definition) is 4. The molecule has 196 valence electrons. The lowest BCUT2D eigenvalue weighted by Gasteiger charge is -2.16. The van der Waals surface area contributed by atoms with Gasteiger partial charge in [0.25, 0.3) is 11.8 Å². The summed E-state index contributed by atoms with van der Waals surface area (Å²) in [5.41, 5.74) is -1.64. The molecule has 0 unspecified atom stereocenters. The summed E-state index contributed by atoms with van der Waals surface area (Å²) >= 11 is 0. The molecular weight excluding hydrogens is 509 g/mol. The molecule has 0 saturated carbocycles. The minimum absolute atomic E-state index is 0.0104. The van der Waals surface area contributed by atoms with Gasteiger partial charge >= 0.3 is 6.18 Å². The molecule has 2 amide bonds. The van der Waals surface area contributed by atoms with E-state index < -0.39 is 34.8 Å². The predicted octanol–water partition coefficient (Wildman–Crippen LogP) is 7.35. The van der Waals surface area contributed by atoms with Crippen molar-refractivity contribution >= 4 is 23.2 Å². The van der Waals surface area contributed by atoms with Crippen LogP contribution in [-0.4, -0.2) is 16.8 Å². The number of carbonyl (C=O) groups is 2. The van der Waals surface area contributed by atoms with Crippen LogP contribution in [0.5, 0.6) is 0 Å². The van der Waals surface area contributed by atoms with Crippen molar-refractivity contribution in [1.29, 1.82) is 0 Å². The van der Waals surface area contributed by atoms with E-state index in [4.69, 9.17) is 4.42 Å². The normalized spacial score (nSPS) is 11.8. The van der Waals surface area contributed by atoms with Gasteiger partial charge in [0.15, 0.2) is 11.5 Å². The molecule has 0 aliphatic rings. The number of oxazole rings is 1. The van der Waals surface area contributed by atoms with E-state index in [9.17, 15) is 31.5 Å². The SMILES string of the molecule is CC(=O)Nc1ccc(-c2oc(-c3ccccc3)nc2C(=O)Nc2cc(C(C)(F)F)cc(C(F)(F)F)c2)cc1. The molecule has 6 nitrogen and oxygen atoms in total. The number of nitrogens with zero attached hydrogens (tertiary/aromatic N) is 1. The van der Waals surface area contributed by atoms with Crippen molar-refractivity contribution in [1.82, 2.24) is 4.98 Å². The van der Waals surface area contributed by atoms with E-state index in [2.05, 4.69) is 15.6 Å². The summed E-state index contributed by atoms with van der Waals surface area (Å²) in [7, 11) is 0. The second kappa shape index (κ2) is 10.1. The molecular formula is C27H20F5N3O3. The van der Waals surface area contributed by atoms with Gasteiger partial charge in [-0.3, -0.25) is 9.59 Å². The minimum Gasteiger partial charge on any atom is -0.435 e. The molecule has 0 aliphatic carbocycles. The molecule has 1 aromatic heterocycles. The highest BCUT2D eigenvalue weighted by molar-refractivity contribution is 6.07. The summed E-state index contributed by atoms with van der Waals surface area (Å²) in [6, 6.07) is 16.5.